The van der Waals surface area contributed by atoms with E-state index in [1.54, 1.807) is 11.3 Å². The van der Waals surface area contributed by atoms with Gasteiger partial charge in [0.15, 0.2) is 0 Å². The first kappa shape index (κ1) is 15.0. The number of hydrogen-bond donors (Lipinski definition) is 1. The van der Waals surface area contributed by atoms with Crippen molar-refractivity contribution in [1.82, 2.24) is 10.3 Å². The molecule has 0 aliphatic heterocycles. The molecule has 108 valence electrons. The minimum atomic E-state index is 0.627. The molecule has 1 N–H and O–H groups in total. The Morgan fingerprint density at radius 1 is 1.42 bits per heavy atom. The Balaban J connectivity index is 1.79. The molecular formula is C16H28N2S. The number of thiazole rings is 1. The Labute approximate surface area is 122 Å². The van der Waals surface area contributed by atoms with Crippen LogP contribution in [-0.4, -0.2) is 17.6 Å². The van der Waals surface area contributed by atoms with Crippen LogP contribution >= 0.6 is 11.3 Å². The molecule has 0 amide bonds. The van der Waals surface area contributed by atoms with Crippen LogP contribution in [0.5, 0.6) is 0 Å². The second kappa shape index (κ2) is 8.01. The van der Waals surface area contributed by atoms with Crippen LogP contribution in [0.15, 0.2) is 5.38 Å². The normalized spacial score (nSPS) is 18.0. The molecule has 1 atom stereocenters. The van der Waals surface area contributed by atoms with E-state index in [2.05, 4.69) is 29.5 Å². The lowest BCUT2D eigenvalue weighted by Gasteiger charge is -2.19. The van der Waals surface area contributed by atoms with Crippen LogP contribution in [0.3, 0.4) is 0 Å². The third-order valence-corrected chi connectivity index (χ3v) is 5.03. The summed E-state index contributed by atoms with van der Waals surface area (Å²) in [6.07, 6.45) is 10.9. The molecule has 0 spiro atoms. The van der Waals surface area contributed by atoms with Crippen LogP contribution in [0.25, 0.3) is 0 Å². The molecule has 0 radical (unpaired) electrons. The molecule has 1 aromatic heterocycles. The van der Waals surface area contributed by atoms with E-state index in [1.165, 1.54) is 55.6 Å². The Kier molecular flexibility index (Phi) is 6.32. The predicted molar refractivity (Wildman–Crippen MR) is 83.8 cm³/mol. The summed E-state index contributed by atoms with van der Waals surface area (Å²) >= 11 is 1.77. The first-order chi connectivity index (χ1) is 9.28. The molecular weight excluding hydrogens is 252 g/mol. The van der Waals surface area contributed by atoms with Gasteiger partial charge in [0.2, 0.25) is 0 Å². The Hall–Kier alpha value is -0.410. The molecule has 3 heteroatoms. The van der Waals surface area contributed by atoms with Gasteiger partial charge in [-0.05, 0) is 38.6 Å². The fraction of sp³-hybridized carbons (Fsp3) is 0.812. The van der Waals surface area contributed by atoms with E-state index >= 15 is 0 Å². The maximum absolute atomic E-state index is 4.62. The standard InChI is InChI=1S/C16H28N2S/c1-3-10-17-15(9-8-14-6-4-5-7-14)11-16-12-19-13(2)18-16/h12,14-15,17H,3-11H2,1-2H3. The monoisotopic (exact) mass is 280 g/mol. The molecule has 0 saturated heterocycles. The molecule has 19 heavy (non-hydrogen) atoms. The van der Waals surface area contributed by atoms with E-state index in [-0.39, 0.29) is 0 Å². The fourth-order valence-corrected chi connectivity index (χ4v) is 3.74. The summed E-state index contributed by atoms with van der Waals surface area (Å²) in [5.41, 5.74) is 1.28. The Bertz CT molecular complexity index is 355. The first-order valence-corrected chi connectivity index (χ1v) is 8.80. The van der Waals surface area contributed by atoms with Crippen molar-refractivity contribution in [3.8, 4) is 0 Å². The van der Waals surface area contributed by atoms with Crippen molar-refractivity contribution in [2.75, 3.05) is 6.54 Å². The number of nitrogens with one attached hydrogen (secondary N) is 1. The summed E-state index contributed by atoms with van der Waals surface area (Å²) in [5, 5.41) is 7.14. The highest BCUT2D eigenvalue weighted by molar-refractivity contribution is 7.09. The average Bonchev–Trinajstić information content (AvgIpc) is 3.04. The maximum Gasteiger partial charge on any atom is 0.0897 e. The van der Waals surface area contributed by atoms with E-state index in [0.717, 1.165) is 18.9 Å². The lowest BCUT2D eigenvalue weighted by molar-refractivity contribution is 0.401. The molecule has 2 nitrogen and oxygen atoms in total. The van der Waals surface area contributed by atoms with Crippen molar-refractivity contribution < 1.29 is 0 Å². The van der Waals surface area contributed by atoms with Crippen LogP contribution in [0.1, 0.15) is 62.6 Å². The second-order valence-corrected chi connectivity index (χ2v) is 7.00. The topological polar surface area (TPSA) is 24.9 Å². The van der Waals surface area contributed by atoms with Gasteiger partial charge in [0.05, 0.1) is 10.7 Å². The van der Waals surface area contributed by atoms with Crippen LogP contribution in [0, 0.1) is 12.8 Å². The Morgan fingerprint density at radius 3 is 2.84 bits per heavy atom. The molecule has 1 aromatic rings. The summed E-state index contributed by atoms with van der Waals surface area (Å²) in [7, 11) is 0. The molecule has 1 heterocycles. The van der Waals surface area contributed by atoms with Gasteiger partial charge in [-0.2, -0.15) is 0 Å². The summed E-state index contributed by atoms with van der Waals surface area (Å²) in [4.78, 5) is 4.62. The third kappa shape index (κ3) is 5.23. The van der Waals surface area contributed by atoms with Crippen molar-refractivity contribution in [2.45, 2.75) is 71.3 Å². The van der Waals surface area contributed by atoms with E-state index in [9.17, 15) is 0 Å². The van der Waals surface area contributed by atoms with Crippen LogP contribution in [0.4, 0.5) is 0 Å². The lowest BCUT2D eigenvalue weighted by atomic mass is 9.96. The lowest BCUT2D eigenvalue weighted by Crippen LogP contribution is -2.32. The summed E-state index contributed by atoms with van der Waals surface area (Å²) in [6, 6.07) is 0.627. The number of rotatable bonds is 8. The maximum atomic E-state index is 4.62. The highest BCUT2D eigenvalue weighted by Crippen LogP contribution is 2.29. The minimum Gasteiger partial charge on any atom is -0.314 e. The van der Waals surface area contributed by atoms with Gasteiger partial charge in [0.25, 0.3) is 0 Å². The zero-order valence-electron chi connectivity index (χ0n) is 12.5. The summed E-state index contributed by atoms with van der Waals surface area (Å²) in [5.74, 6) is 1.00. The zero-order valence-corrected chi connectivity index (χ0v) is 13.3. The van der Waals surface area contributed by atoms with Crippen LogP contribution in [0.2, 0.25) is 0 Å². The van der Waals surface area contributed by atoms with Gasteiger partial charge in [0, 0.05) is 17.8 Å². The van der Waals surface area contributed by atoms with Crippen molar-refractivity contribution in [3.63, 3.8) is 0 Å². The third-order valence-electron chi connectivity index (χ3n) is 4.20. The molecule has 1 unspecified atom stereocenters. The highest BCUT2D eigenvalue weighted by atomic mass is 32.1. The SMILES string of the molecule is CCCNC(CCC1CCCC1)Cc1csc(C)n1. The zero-order chi connectivity index (χ0) is 13.5. The van der Waals surface area contributed by atoms with Crippen molar-refractivity contribution in [1.29, 1.82) is 0 Å². The smallest absolute Gasteiger partial charge is 0.0897 e. The molecule has 0 aromatic carbocycles. The van der Waals surface area contributed by atoms with E-state index in [4.69, 9.17) is 0 Å². The van der Waals surface area contributed by atoms with Crippen molar-refractivity contribution in [2.24, 2.45) is 5.92 Å². The second-order valence-electron chi connectivity index (χ2n) is 5.94. The van der Waals surface area contributed by atoms with Crippen molar-refractivity contribution in [3.05, 3.63) is 16.1 Å². The van der Waals surface area contributed by atoms with Gasteiger partial charge >= 0.3 is 0 Å². The quantitative estimate of drug-likeness (QED) is 0.766. The molecule has 1 fully saturated rings. The van der Waals surface area contributed by atoms with Gasteiger partial charge < -0.3 is 5.32 Å². The largest absolute Gasteiger partial charge is 0.314 e. The van der Waals surface area contributed by atoms with E-state index < -0.39 is 0 Å². The fourth-order valence-electron chi connectivity index (χ4n) is 3.12. The average molecular weight is 280 g/mol. The first-order valence-electron chi connectivity index (χ1n) is 7.92. The number of aromatic nitrogens is 1. The Morgan fingerprint density at radius 2 is 2.21 bits per heavy atom. The van der Waals surface area contributed by atoms with Gasteiger partial charge in [-0.3, -0.25) is 0 Å². The summed E-state index contributed by atoms with van der Waals surface area (Å²) < 4.78 is 0. The van der Waals surface area contributed by atoms with Crippen molar-refractivity contribution >= 4 is 11.3 Å². The molecule has 1 saturated carbocycles. The van der Waals surface area contributed by atoms with Gasteiger partial charge in [-0.25, -0.2) is 4.98 Å². The van der Waals surface area contributed by atoms with Crippen LogP contribution < -0.4 is 5.32 Å². The van der Waals surface area contributed by atoms with Gasteiger partial charge in [0.1, 0.15) is 0 Å². The molecule has 1 aliphatic carbocycles. The molecule has 1 aliphatic rings. The highest BCUT2D eigenvalue weighted by Gasteiger charge is 2.18. The van der Waals surface area contributed by atoms with Gasteiger partial charge in [-0.15, -0.1) is 11.3 Å². The number of aryl methyl sites for hydroxylation is 1. The number of hydrogen-bond acceptors (Lipinski definition) is 3. The number of nitrogens with zero attached hydrogens (tertiary/aromatic N) is 1. The molecule has 0 bridgehead atoms. The van der Waals surface area contributed by atoms with E-state index in [0.29, 0.717) is 6.04 Å². The summed E-state index contributed by atoms with van der Waals surface area (Å²) in [6.45, 7) is 5.48. The van der Waals surface area contributed by atoms with Crippen LogP contribution in [-0.2, 0) is 6.42 Å². The minimum absolute atomic E-state index is 0.627. The van der Waals surface area contributed by atoms with Gasteiger partial charge in [-0.1, -0.05) is 32.6 Å². The van der Waals surface area contributed by atoms with E-state index in [1.807, 2.05) is 0 Å². The predicted octanol–water partition coefficient (Wildman–Crippen LogP) is 4.33. The molecule has 2 rings (SSSR count).